The molecule has 0 spiro atoms. The average Bonchev–Trinajstić information content (AvgIpc) is 3.67. The highest BCUT2D eigenvalue weighted by atomic mass is 15.2. The van der Waals surface area contributed by atoms with Crippen LogP contribution in [-0.4, -0.2) is 10.6 Å². The number of anilines is 2. The minimum Gasteiger partial charge on any atom is -0.333 e. The molecule has 10 aromatic rings. The zero-order chi connectivity index (χ0) is 40.7. The molecule has 1 aromatic heterocycles. The third kappa shape index (κ3) is 6.45. The van der Waals surface area contributed by atoms with Crippen molar-refractivity contribution in [2.75, 3.05) is 4.90 Å². The fraction of sp³-hybridized carbons (Fsp3) is 0.0508. The normalized spacial score (nSPS) is 15.0. The SMILES string of the molecule is CC1C=C(c2ccccc2)C=CC1N(c1cccc(-c2cccc3c4ccccc4n(-c4ccccc4)c23)c1)c1ccccc1-c1cccc2cccc(-c3ccccc3)c12. The number of aromatic nitrogens is 1. The minimum absolute atomic E-state index is 0.0407. The summed E-state index contributed by atoms with van der Waals surface area (Å²) in [6.07, 6.45) is 7.19. The Morgan fingerprint density at radius 1 is 0.459 bits per heavy atom. The smallest absolute Gasteiger partial charge is 0.0619 e. The topological polar surface area (TPSA) is 8.17 Å². The summed E-state index contributed by atoms with van der Waals surface area (Å²) in [6.45, 7) is 2.36. The van der Waals surface area contributed by atoms with Crippen LogP contribution in [0, 0.1) is 5.92 Å². The molecule has 2 unspecified atom stereocenters. The van der Waals surface area contributed by atoms with E-state index in [1.54, 1.807) is 0 Å². The number of hydrogen-bond donors (Lipinski definition) is 0. The number of benzene rings is 9. The fourth-order valence-electron chi connectivity index (χ4n) is 9.69. The molecule has 0 bridgehead atoms. The van der Waals surface area contributed by atoms with Gasteiger partial charge in [0.25, 0.3) is 0 Å². The van der Waals surface area contributed by atoms with E-state index in [1.807, 2.05) is 0 Å². The maximum Gasteiger partial charge on any atom is 0.0619 e. The summed E-state index contributed by atoms with van der Waals surface area (Å²) >= 11 is 0. The molecule has 0 amide bonds. The van der Waals surface area contributed by atoms with Gasteiger partial charge in [-0.2, -0.15) is 0 Å². The highest BCUT2D eigenvalue weighted by molar-refractivity contribution is 6.14. The van der Waals surface area contributed by atoms with Crippen molar-refractivity contribution in [1.82, 2.24) is 4.57 Å². The first-order chi connectivity index (χ1) is 30.2. The Labute approximate surface area is 357 Å². The Morgan fingerprint density at radius 3 is 1.84 bits per heavy atom. The van der Waals surface area contributed by atoms with Crippen molar-refractivity contribution >= 4 is 49.5 Å². The van der Waals surface area contributed by atoms with Gasteiger partial charge < -0.3 is 9.47 Å². The van der Waals surface area contributed by atoms with E-state index in [9.17, 15) is 0 Å². The van der Waals surface area contributed by atoms with E-state index in [0.717, 1.165) is 11.4 Å². The van der Waals surface area contributed by atoms with E-state index in [2.05, 4.69) is 253 Å². The van der Waals surface area contributed by atoms with Crippen molar-refractivity contribution in [1.29, 1.82) is 0 Å². The van der Waals surface area contributed by atoms with Crippen molar-refractivity contribution in [3.63, 3.8) is 0 Å². The summed E-state index contributed by atoms with van der Waals surface area (Å²) in [5.74, 6) is 0.202. The molecule has 1 aliphatic rings. The van der Waals surface area contributed by atoms with Crippen LogP contribution in [0.4, 0.5) is 11.4 Å². The molecule has 1 aliphatic carbocycles. The third-order valence-electron chi connectivity index (χ3n) is 12.4. The van der Waals surface area contributed by atoms with Gasteiger partial charge in [0.15, 0.2) is 0 Å². The molecule has 0 saturated carbocycles. The Hall–Kier alpha value is -7.68. The summed E-state index contributed by atoms with van der Waals surface area (Å²) in [6, 6.07) is 79.6. The van der Waals surface area contributed by atoms with Gasteiger partial charge in [-0.3, -0.25) is 0 Å². The molecular weight excluding hydrogens is 737 g/mol. The van der Waals surface area contributed by atoms with Crippen LogP contribution in [0.1, 0.15) is 12.5 Å². The minimum atomic E-state index is 0.0407. The third-order valence-corrected chi connectivity index (χ3v) is 12.4. The molecule has 290 valence electrons. The second kappa shape index (κ2) is 15.5. The number of para-hydroxylation sites is 4. The van der Waals surface area contributed by atoms with Crippen LogP contribution in [0.3, 0.4) is 0 Å². The Bertz CT molecular complexity index is 3260. The van der Waals surface area contributed by atoms with Gasteiger partial charge in [-0.05, 0) is 86.5 Å². The molecule has 2 nitrogen and oxygen atoms in total. The van der Waals surface area contributed by atoms with Gasteiger partial charge in [0, 0.05) is 39.0 Å². The average molecular weight is 781 g/mol. The van der Waals surface area contributed by atoms with Gasteiger partial charge in [0.1, 0.15) is 0 Å². The molecular formula is C59H44N2. The van der Waals surface area contributed by atoms with E-state index in [0.29, 0.717) is 0 Å². The van der Waals surface area contributed by atoms with Gasteiger partial charge in [0.05, 0.1) is 17.1 Å². The number of hydrogen-bond acceptors (Lipinski definition) is 1. The van der Waals surface area contributed by atoms with Gasteiger partial charge in [-0.1, -0.05) is 207 Å². The zero-order valence-corrected chi connectivity index (χ0v) is 34.1. The molecule has 0 saturated heterocycles. The van der Waals surface area contributed by atoms with Crippen molar-refractivity contribution in [3.8, 4) is 39.1 Å². The van der Waals surface area contributed by atoms with Crippen LogP contribution in [0.25, 0.3) is 77.2 Å². The predicted molar refractivity (Wildman–Crippen MR) is 260 cm³/mol. The van der Waals surface area contributed by atoms with E-state index in [-0.39, 0.29) is 12.0 Å². The first kappa shape index (κ1) is 36.4. The van der Waals surface area contributed by atoms with Crippen LogP contribution in [0.15, 0.2) is 237 Å². The lowest BCUT2D eigenvalue weighted by Gasteiger charge is -2.38. The maximum absolute atomic E-state index is 2.59. The van der Waals surface area contributed by atoms with Crippen molar-refractivity contribution < 1.29 is 0 Å². The van der Waals surface area contributed by atoms with Gasteiger partial charge in [-0.25, -0.2) is 0 Å². The van der Waals surface area contributed by atoms with E-state index >= 15 is 0 Å². The molecule has 1 heterocycles. The molecule has 0 radical (unpaired) electrons. The van der Waals surface area contributed by atoms with E-state index in [4.69, 9.17) is 0 Å². The van der Waals surface area contributed by atoms with Gasteiger partial charge in [0.2, 0.25) is 0 Å². The van der Waals surface area contributed by atoms with Crippen LogP contribution in [-0.2, 0) is 0 Å². The first-order valence-electron chi connectivity index (χ1n) is 21.3. The highest BCUT2D eigenvalue weighted by Crippen LogP contribution is 2.46. The summed E-state index contributed by atoms with van der Waals surface area (Å²) in [5, 5.41) is 4.99. The van der Waals surface area contributed by atoms with Gasteiger partial charge in [-0.15, -0.1) is 0 Å². The summed E-state index contributed by atoms with van der Waals surface area (Å²) in [4.78, 5) is 2.59. The zero-order valence-electron chi connectivity index (χ0n) is 34.1. The van der Waals surface area contributed by atoms with E-state index < -0.39 is 0 Å². The molecule has 2 atom stereocenters. The van der Waals surface area contributed by atoms with Crippen LogP contribution in [0.5, 0.6) is 0 Å². The number of fused-ring (bicyclic) bond motifs is 4. The largest absolute Gasteiger partial charge is 0.333 e. The second-order valence-corrected chi connectivity index (χ2v) is 16.1. The highest BCUT2D eigenvalue weighted by Gasteiger charge is 2.29. The maximum atomic E-state index is 2.59. The lowest BCUT2D eigenvalue weighted by atomic mass is 9.87. The lowest BCUT2D eigenvalue weighted by molar-refractivity contribution is 0.612. The number of rotatable bonds is 8. The second-order valence-electron chi connectivity index (χ2n) is 16.1. The van der Waals surface area contributed by atoms with Crippen molar-refractivity contribution in [2.45, 2.75) is 13.0 Å². The predicted octanol–water partition coefficient (Wildman–Crippen LogP) is 15.7. The molecule has 0 N–H and O–H groups in total. The Morgan fingerprint density at radius 2 is 1.05 bits per heavy atom. The fourth-order valence-corrected chi connectivity index (χ4v) is 9.69. The van der Waals surface area contributed by atoms with Gasteiger partial charge >= 0.3 is 0 Å². The molecule has 9 aromatic carbocycles. The quantitative estimate of drug-likeness (QED) is 0.149. The van der Waals surface area contributed by atoms with E-state index in [1.165, 1.54) is 82.8 Å². The molecule has 2 heteroatoms. The Balaban J connectivity index is 1.13. The number of allylic oxidation sites excluding steroid dienone is 2. The van der Waals surface area contributed by atoms with Crippen LogP contribution in [0.2, 0.25) is 0 Å². The van der Waals surface area contributed by atoms with Crippen LogP contribution >= 0.6 is 0 Å². The summed E-state index contributed by atoms with van der Waals surface area (Å²) in [5.41, 5.74) is 15.6. The molecule has 0 aliphatic heterocycles. The number of nitrogens with zero attached hydrogens (tertiary/aromatic N) is 2. The Kier molecular flexibility index (Phi) is 9.24. The lowest BCUT2D eigenvalue weighted by Crippen LogP contribution is -2.36. The summed E-state index contributed by atoms with van der Waals surface area (Å²) < 4.78 is 2.44. The monoisotopic (exact) mass is 780 g/mol. The van der Waals surface area contributed by atoms with Crippen molar-refractivity contribution in [3.05, 3.63) is 242 Å². The van der Waals surface area contributed by atoms with Crippen molar-refractivity contribution in [2.24, 2.45) is 5.92 Å². The van der Waals surface area contributed by atoms with Crippen LogP contribution < -0.4 is 4.90 Å². The molecule has 61 heavy (non-hydrogen) atoms. The molecule has 11 rings (SSSR count). The first-order valence-corrected chi connectivity index (χ1v) is 21.3. The standard InChI is InChI=1S/C59H44N2/c1-41-39-45(42-19-5-2-6-20-42)37-38-55(41)60(56-35-13-11-29-51(56)53-33-17-24-44-23-16-31-49(58(44)53)43-21-7-3-8-22-43)48-28-15-25-46(40-48)50-32-18-34-54-52-30-12-14-36-57(52)61(59(50)54)47-26-9-4-10-27-47/h2-41,55H,1H3. The summed E-state index contributed by atoms with van der Waals surface area (Å²) in [7, 11) is 0. The molecule has 0 fully saturated rings.